The average molecular weight is 283 g/mol. The number of carbonyl (C=O) groups excluding carboxylic acids is 1. The normalized spacial score (nSPS) is 10.3. The van der Waals surface area contributed by atoms with Crippen molar-refractivity contribution in [3.05, 3.63) is 64.2 Å². The molecular weight excluding hydrogens is 274 g/mol. The van der Waals surface area contributed by atoms with Crippen molar-refractivity contribution in [1.29, 1.82) is 0 Å². The van der Waals surface area contributed by atoms with Crippen molar-refractivity contribution in [2.45, 2.75) is 0 Å². The van der Waals surface area contributed by atoms with E-state index in [9.17, 15) is 13.6 Å². The Kier molecular flexibility index (Phi) is 3.81. The predicted molar refractivity (Wildman–Crippen MR) is 67.8 cm³/mol. The van der Waals surface area contributed by atoms with E-state index in [1.165, 1.54) is 37.4 Å². The van der Waals surface area contributed by atoms with Gasteiger partial charge in [-0.3, -0.25) is 4.79 Å². The second kappa shape index (κ2) is 5.36. The quantitative estimate of drug-likeness (QED) is 0.799. The highest BCUT2D eigenvalue weighted by atomic mass is 35.5. The van der Waals surface area contributed by atoms with Gasteiger partial charge in [-0.1, -0.05) is 17.7 Å². The van der Waals surface area contributed by atoms with Gasteiger partial charge in [0.25, 0.3) is 0 Å². The highest BCUT2D eigenvalue weighted by Crippen LogP contribution is 2.26. The zero-order valence-corrected chi connectivity index (χ0v) is 10.7. The molecule has 0 fully saturated rings. The molecule has 2 aromatic carbocycles. The smallest absolute Gasteiger partial charge is 0.199 e. The first-order valence-electron chi connectivity index (χ1n) is 5.37. The Hall–Kier alpha value is -1.94. The molecule has 0 aliphatic heterocycles. The summed E-state index contributed by atoms with van der Waals surface area (Å²) in [6, 6.07) is 7.77. The van der Waals surface area contributed by atoms with Gasteiger partial charge in [0, 0.05) is 5.02 Å². The van der Waals surface area contributed by atoms with Gasteiger partial charge in [-0.2, -0.15) is 0 Å². The number of ketones is 1. The molecule has 2 aromatic rings. The van der Waals surface area contributed by atoms with E-state index in [0.29, 0.717) is 5.02 Å². The van der Waals surface area contributed by atoms with Crippen LogP contribution in [0.4, 0.5) is 8.78 Å². The highest BCUT2D eigenvalue weighted by molar-refractivity contribution is 6.31. The lowest BCUT2D eigenvalue weighted by molar-refractivity contribution is 0.103. The van der Waals surface area contributed by atoms with E-state index in [-0.39, 0.29) is 16.9 Å². The summed E-state index contributed by atoms with van der Waals surface area (Å²) < 4.78 is 31.7. The third-order valence-corrected chi connectivity index (χ3v) is 2.84. The molecule has 0 aliphatic rings. The molecule has 19 heavy (non-hydrogen) atoms. The van der Waals surface area contributed by atoms with Crippen molar-refractivity contribution in [1.82, 2.24) is 0 Å². The number of methoxy groups -OCH3 is 1. The lowest BCUT2D eigenvalue weighted by Gasteiger charge is -2.08. The number of ether oxygens (including phenoxy) is 1. The van der Waals surface area contributed by atoms with Crippen LogP contribution in [-0.2, 0) is 0 Å². The number of halogens is 3. The van der Waals surface area contributed by atoms with E-state index in [0.717, 1.165) is 6.07 Å². The van der Waals surface area contributed by atoms with Crippen LogP contribution >= 0.6 is 11.6 Å². The van der Waals surface area contributed by atoms with Crippen LogP contribution in [0.25, 0.3) is 0 Å². The summed E-state index contributed by atoms with van der Waals surface area (Å²) in [5.74, 6) is -2.70. The first-order chi connectivity index (χ1) is 9.04. The molecule has 0 aromatic heterocycles. The van der Waals surface area contributed by atoms with E-state index in [1.807, 2.05) is 0 Å². The fourth-order valence-corrected chi connectivity index (χ4v) is 1.84. The van der Waals surface area contributed by atoms with Gasteiger partial charge in [0.2, 0.25) is 0 Å². The number of carbonyl (C=O) groups is 1. The Labute approximate surface area is 113 Å². The lowest BCUT2D eigenvalue weighted by atomic mass is 10.0. The summed E-state index contributed by atoms with van der Waals surface area (Å²) in [4.78, 5) is 12.2. The fourth-order valence-electron chi connectivity index (χ4n) is 1.68. The third-order valence-electron chi connectivity index (χ3n) is 2.60. The summed E-state index contributed by atoms with van der Waals surface area (Å²) in [5, 5.41) is 0.383. The van der Waals surface area contributed by atoms with E-state index >= 15 is 0 Å². The molecule has 0 amide bonds. The molecule has 5 heteroatoms. The zero-order chi connectivity index (χ0) is 14.0. The first kappa shape index (κ1) is 13.5. The van der Waals surface area contributed by atoms with Gasteiger partial charge in [0.1, 0.15) is 5.75 Å². The molecule has 0 aliphatic carbocycles. The van der Waals surface area contributed by atoms with Crippen LogP contribution in [-0.4, -0.2) is 12.9 Å². The molecule has 0 bridgehead atoms. The highest BCUT2D eigenvalue weighted by Gasteiger charge is 2.20. The predicted octanol–water partition coefficient (Wildman–Crippen LogP) is 3.86. The first-order valence-corrected chi connectivity index (χ1v) is 5.74. The fraction of sp³-hybridized carbons (Fsp3) is 0.0714. The second-order valence-corrected chi connectivity index (χ2v) is 4.21. The van der Waals surface area contributed by atoms with Crippen LogP contribution in [0.15, 0.2) is 36.4 Å². The molecular formula is C14H9ClF2O2. The monoisotopic (exact) mass is 282 g/mol. The van der Waals surface area contributed by atoms with Crippen LogP contribution in [0.2, 0.25) is 5.02 Å². The molecule has 0 N–H and O–H groups in total. The Morgan fingerprint density at radius 3 is 2.58 bits per heavy atom. The van der Waals surface area contributed by atoms with E-state index in [2.05, 4.69) is 0 Å². The van der Waals surface area contributed by atoms with Gasteiger partial charge in [-0.25, -0.2) is 8.78 Å². The van der Waals surface area contributed by atoms with Crippen molar-refractivity contribution >= 4 is 17.4 Å². The summed E-state index contributed by atoms with van der Waals surface area (Å²) in [5.41, 5.74) is -0.225. The summed E-state index contributed by atoms with van der Waals surface area (Å²) in [7, 11) is 1.37. The van der Waals surface area contributed by atoms with E-state index in [1.54, 1.807) is 0 Å². The largest absolute Gasteiger partial charge is 0.496 e. The molecule has 98 valence electrons. The Balaban J connectivity index is 2.53. The molecule has 2 rings (SSSR count). The molecule has 0 spiro atoms. The van der Waals surface area contributed by atoms with Gasteiger partial charge < -0.3 is 4.74 Å². The van der Waals surface area contributed by atoms with Gasteiger partial charge in [0.05, 0.1) is 18.2 Å². The van der Waals surface area contributed by atoms with Crippen molar-refractivity contribution in [3.63, 3.8) is 0 Å². The minimum absolute atomic E-state index is 0.122. The van der Waals surface area contributed by atoms with Crippen molar-refractivity contribution in [2.75, 3.05) is 7.11 Å². The minimum Gasteiger partial charge on any atom is -0.496 e. The van der Waals surface area contributed by atoms with Gasteiger partial charge in [0.15, 0.2) is 17.4 Å². The van der Waals surface area contributed by atoms with Crippen LogP contribution < -0.4 is 4.74 Å². The van der Waals surface area contributed by atoms with Crippen LogP contribution in [0.5, 0.6) is 5.75 Å². The molecule has 0 unspecified atom stereocenters. The number of rotatable bonds is 3. The lowest BCUT2D eigenvalue weighted by Crippen LogP contribution is -2.07. The maximum atomic E-state index is 13.6. The topological polar surface area (TPSA) is 26.3 Å². The second-order valence-electron chi connectivity index (χ2n) is 3.78. The standard InChI is InChI=1S/C14H9ClF2O2/c1-19-12-7-8(15)5-6-9(12)14(18)10-3-2-4-11(16)13(10)17/h2-7H,1H3. The molecule has 0 saturated carbocycles. The van der Waals surface area contributed by atoms with Gasteiger partial charge in [-0.05, 0) is 30.3 Å². The molecule has 2 nitrogen and oxygen atoms in total. The Morgan fingerprint density at radius 1 is 1.16 bits per heavy atom. The molecule has 0 heterocycles. The van der Waals surface area contributed by atoms with Gasteiger partial charge in [-0.15, -0.1) is 0 Å². The summed E-state index contributed by atoms with van der Waals surface area (Å²) >= 11 is 5.78. The molecule has 0 atom stereocenters. The van der Waals surface area contributed by atoms with E-state index < -0.39 is 17.4 Å². The van der Waals surface area contributed by atoms with Gasteiger partial charge >= 0.3 is 0 Å². The van der Waals surface area contributed by atoms with E-state index in [4.69, 9.17) is 16.3 Å². The van der Waals surface area contributed by atoms with Crippen LogP contribution in [0.1, 0.15) is 15.9 Å². The zero-order valence-electron chi connectivity index (χ0n) is 9.91. The maximum absolute atomic E-state index is 13.6. The Bertz CT molecular complexity index is 641. The van der Waals surface area contributed by atoms with Crippen molar-refractivity contribution in [3.8, 4) is 5.75 Å². The van der Waals surface area contributed by atoms with Crippen LogP contribution in [0.3, 0.4) is 0 Å². The molecule has 0 saturated heterocycles. The minimum atomic E-state index is -1.18. The Morgan fingerprint density at radius 2 is 1.89 bits per heavy atom. The van der Waals surface area contributed by atoms with Crippen molar-refractivity contribution in [2.24, 2.45) is 0 Å². The number of benzene rings is 2. The average Bonchev–Trinajstić information content (AvgIpc) is 2.41. The summed E-state index contributed by atoms with van der Waals surface area (Å²) in [6.07, 6.45) is 0. The summed E-state index contributed by atoms with van der Waals surface area (Å²) in [6.45, 7) is 0. The SMILES string of the molecule is COc1cc(Cl)ccc1C(=O)c1cccc(F)c1F. The van der Waals surface area contributed by atoms with Crippen molar-refractivity contribution < 1.29 is 18.3 Å². The van der Waals surface area contributed by atoms with Crippen LogP contribution in [0, 0.1) is 11.6 Å². The molecule has 0 radical (unpaired) electrons. The third kappa shape index (κ3) is 2.58. The number of hydrogen-bond donors (Lipinski definition) is 0. The maximum Gasteiger partial charge on any atom is 0.199 e. The number of hydrogen-bond acceptors (Lipinski definition) is 2.